The lowest BCUT2D eigenvalue weighted by molar-refractivity contribution is -0.306. The predicted octanol–water partition coefficient (Wildman–Crippen LogP) is 5.80. The Morgan fingerprint density at radius 1 is 1.11 bits per heavy atom. The number of hydrogen-bond acceptors (Lipinski definition) is 6. The number of carbonyl (C=O) groups excluding carboxylic acids is 1. The van der Waals surface area contributed by atoms with Crippen molar-refractivity contribution >= 4 is 5.97 Å². The Bertz CT molecular complexity index is 911. The second kappa shape index (κ2) is 15.0. The molecule has 2 heterocycles. The van der Waals surface area contributed by atoms with Crippen molar-refractivity contribution in [3.05, 3.63) is 59.8 Å². The van der Waals surface area contributed by atoms with Gasteiger partial charge in [-0.2, -0.15) is 0 Å². The van der Waals surface area contributed by atoms with Gasteiger partial charge in [-0.3, -0.25) is 0 Å². The minimum absolute atomic E-state index is 0.0610. The van der Waals surface area contributed by atoms with Crippen LogP contribution in [0.3, 0.4) is 0 Å². The van der Waals surface area contributed by atoms with E-state index in [2.05, 4.69) is 25.2 Å². The number of rotatable bonds is 5. The summed E-state index contributed by atoms with van der Waals surface area (Å²) in [5, 5.41) is 31.4. The molecule has 2 aliphatic heterocycles. The van der Waals surface area contributed by atoms with Crippen LogP contribution in [-0.2, 0) is 14.3 Å². The third-order valence-corrected chi connectivity index (χ3v) is 8.01. The first-order valence-corrected chi connectivity index (χ1v) is 14.1. The number of ether oxygens (including phenoxy) is 2. The van der Waals surface area contributed by atoms with E-state index >= 15 is 0 Å². The Balaban J connectivity index is 2.07. The fourth-order valence-corrected chi connectivity index (χ4v) is 5.01. The molecule has 0 aromatic carbocycles. The molecule has 0 aliphatic carbocycles. The molecule has 1 fully saturated rings. The van der Waals surface area contributed by atoms with Crippen molar-refractivity contribution in [3.63, 3.8) is 0 Å². The van der Waals surface area contributed by atoms with E-state index in [1.165, 1.54) is 0 Å². The van der Waals surface area contributed by atoms with E-state index < -0.39 is 18.0 Å². The molecule has 0 spiro atoms. The fourth-order valence-electron chi connectivity index (χ4n) is 5.01. The van der Waals surface area contributed by atoms with Crippen LogP contribution in [0.4, 0.5) is 0 Å². The van der Waals surface area contributed by atoms with Gasteiger partial charge in [0.1, 0.15) is 6.10 Å². The second-order valence-corrected chi connectivity index (χ2v) is 11.5. The molecule has 0 radical (unpaired) electrons. The maximum Gasteiger partial charge on any atom is 0.334 e. The van der Waals surface area contributed by atoms with Crippen molar-refractivity contribution in [1.82, 2.24) is 0 Å². The maximum absolute atomic E-state index is 12.9. The van der Waals surface area contributed by atoms with E-state index in [9.17, 15) is 20.1 Å². The van der Waals surface area contributed by atoms with Gasteiger partial charge in [0, 0.05) is 29.7 Å². The Hall–Kier alpha value is -1.99. The molecule has 6 nitrogen and oxygen atoms in total. The van der Waals surface area contributed by atoms with E-state index in [1.807, 2.05) is 51.2 Å². The van der Waals surface area contributed by atoms with Gasteiger partial charge in [-0.05, 0) is 58.4 Å². The van der Waals surface area contributed by atoms with E-state index in [0.717, 1.165) is 24.8 Å². The summed E-state index contributed by atoms with van der Waals surface area (Å²) >= 11 is 0. The lowest BCUT2D eigenvalue weighted by Gasteiger charge is -2.46. The molecule has 9 atom stereocenters. The molecular weight excluding hydrogens is 480 g/mol. The summed E-state index contributed by atoms with van der Waals surface area (Å²) < 4.78 is 11.9. The lowest BCUT2D eigenvalue weighted by atomic mass is 9.80. The largest absolute Gasteiger partial charge is 0.458 e. The molecule has 0 amide bonds. The summed E-state index contributed by atoms with van der Waals surface area (Å²) in [5.74, 6) is -2.09. The van der Waals surface area contributed by atoms with E-state index in [-0.39, 0.29) is 41.8 Å². The smallest absolute Gasteiger partial charge is 0.334 e. The zero-order valence-corrected chi connectivity index (χ0v) is 24.3. The summed E-state index contributed by atoms with van der Waals surface area (Å²) in [6.45, 7) is 13.1. The molecule has 0 aromatic rings. The van der Waals surface area contributed by atoms with Gasteiger partial charge in [0.05, 0.1) is 18.3 Å². The molecule has 0 aromatic heterocycles. The molecule has 2 rings (SSSR count). The van der Waals surface area contributed by atoms with E-state index in [0.29, 0.717) is 18.4 Å². The van der Waals surface area contributed by atoms with Crippen LogP contribution >= 0.6 is 0 Å². The van der Waals surface area contributed by atoms with Gasteiger partial charge < -0.3 is 24.8 Å². The number of carbonyl (C=O) groups is 1. The Morgan fingerprint density at radius 2 is 1.79 bits per heavy atom. The van der Waals surface area contributed by atoms with Crippen molar-refractivity contribution in [3.8, 4) is 0 Å². The van der Waals surface area contributed by atoms with Gasteiger partial charge in [-0.1, -0.05) is 75.8 Å². The molecular formula is C32H50O6. The Morgan fingerprint density at radius 3 is 2.50 bits per heavy atom. The van der Waals surface area contributed by atoms with Crippen LogP contribution in [0.2, 0.25) is 0 Å². The lowest BCUT2D eigenvalue weighted by Crippen LogP contribution is -2.55. The minimum Gasteiger partial charge on any atom is -0.458 e. The highest BCUT2D eigenvalue weighted by Gasteiger charge is 2.46. The van der Waals surface area contributed by atoms with Crippen LogP contribution in [0.1, 0.15) is 80.6 Å². The standard InChI is InChI=1S/C32H50O6/c1-21-19-23(3)27(33)16-11-9-8-10-12-17-28(37-31(35)24(4)20-21)22(2)15-13-14-18-29-25(5)30(34)26(6)32(7,36)38-29/h10-14,16,19-20,22-23,25-30,33-34,36H,8-9,15,17-18H2,1-7H3/b12-10+,14-13+,16-11+,21-19?,24-20?/t22-,23+,25+,26-,27+,28-,29-,30+,32?/m0/s1. The average molecular weight is 531 g/mol. The molecule has 6 heteroatoms. The van der Waals surface area contributed by atoms with Crippen LogP contribution in [-0.4, -0.2) is 51.5 Å². The van der Waals surface area contributed by atoms with Crippen LogP contribution in [0.25, 0.3) is 0 Å². The van der Waals surface area contributed by atoms with Gasteiger partial charge >= 0.3 is 5.97 Å². The molecule has 0 saturated carbocycles. The SMILES string of the molecule is CC1=C[C@@H](C)[C@H](O)/C=C/CC/C=C/C[C@@H]([C@@H](C)C/C=C/C[C@@H]2OC(C)(O)[C@@H](C)[C@H](O)[C@@H]2C)OC(=O)C(C)=C1. The van der Waals surface area contributed by atoms with Crippen LogP contribution in [0.5, 0.6) is 0 Å². The third-order valence-electron chi connectivity index (χ3n) is 8.01. The van der Waals surface area contributed by atoms with E-state index in [1.54, 1.807) is 20.8 Å². The molecule has 2 aliphatic rings. The molecule has 1 saturated heterocycles. The zero-order valence-electron chi connectivity index (χ0n) is 24.3. The maximum atomic E-state index is 12.9. The molecule has 38 heavy (non-hydrogen) atoms. The van der Waals surface area contributed by atoms with Gasteiger partial charge in [0.2, 0.25) is 0 Å². The normalized spacial score (nSPS) is 38.7. The summed E-state index contributed by atoms with van der Waals surface area (Å²) in [7, 11) is 0. The first-order valence-electron chi connectivity index (χ1n) is 14.1. The second-order valence-electron chi connectivity index (χ2n) is 11.5. The number of cyclic esters (lactones) is 1. The van der Waals surface area contributed by atoms with Gasteiger partial charge in [0.15, 0.2) is 5.79 Å². The van der Waals surface area contributed by atoms with Gasteiger partial charge in [-0.25, -0.2) is 4.79 Å². The van der Waals surface area contributed by atoms with Crippen LogP contribution < -0.4 is 0 Å². The molecule has 214 valence electrons. The Labute approximate surface area is 229 Å². The van der Waals surface area contributed by atoms with Crippen molar-refractivity contribution < 1.29 is 29.6 Å². The highest BCUT2D eigenvalue weighted by Crippen LogP contribution is 2.37. The highest BCUT2D eigenvalue weighted by atomic mass is 16.6. The van der Waals surface area contributed by atoms with Crippen molar-refractivity contribution in [2.24, 2.45) is 23.7 Å². The van der Waals surface area contributed by atoms with E-state index in [4.69, 9.17) is 9.47 Å². The summed E-state index contributed by atoms with van der Waals surface area (Å²) in [6.07, 6.45) is 17.8. The molecule has 1 unspecified atom stereocenters. The average Bonchev–Trinajstić information content (AvgIpc) is 2.85. The van der Waals surface area contributed by atoms with Crippen LogP contribution in [0, 0.1) is 23.7 Å². The van der Waals surface area contributed by atoms with Gasteiger partial charge in [-0.15, -0.1) is 0 Å². The number of allylic oxidation sites excluding steroid dienone is 5. The Kier molecular flexibility index (Phi) is 12.7. The minimum atomic E-state index is -1.35. The third kappa shape index (κ3) is 9.64. The highest BCUT2D eigenvalue weighted by molar-refractivity contribution is 5.88. The monoisotopic (exact) mass is 530 g/mol. The van der Waals surface area contributed by atoms with Crippen molar-refractivity contribution in [2.75, 3.05) is 0 Å². The van der Waals surface area contributed by atoms with Crippen molar-refractivity contribution in [1.29, 1.82) is 0 Å². The summed E-state index contributed by atoms with van der Waals surface area (Å²) in [5.41, 5.74) is 1.44. The van der Waals surface area contributed by atoms with Crippen LogP contribution in [0.15, 0.2) is 59.8 Å². The summed E-state index contributed by atoms with van der Waals surface area (Å²) in [4.78, 5) is 12.9. The quantitative estimate of drug-likeness (QED) is 0.307. The fraction of sp³-hybridized carbons (Fsp3) is 0.656. The number of aliphatic hydroxyl groups is 3. The number of hydrogen-bond donors (Lipinski definition) is 3. The summed E-state index contributed by atoms with van der Waals surface area (Å²) in [6, 6.07) is 0. The van der Waals surface area contributed by atoms with Gasteiger partial charge in [0.25, 0.3) is 0 Å². The predicted molar refractivity (Wildman–Crippen MR) is 152 cm³/mol. The molecule has 0 bridgehead atoms. The zero-order chi connectivity index (χ0) is 28.5. The first-order chi connectivity index (χ1) is 17.8. The van der Waals surface area contributed by atoms with Crippen molar-refractivity contribution in [2.45, 2.75) is 111 Å². The number of esters is 1. The topological polar surface area (TPSA) is 96.2 Å². The number of aliphatic hydroxyl groups excluding tert-OH is 2. The molecule has 3 N–H and O–H groups in total. The first kappa shape index (κ1) is 32.2.